The highest BCUT2D eigenvalue weighted by atomic mass is 16.6. The van der Waals surface area contributed by atoms with Crippen molar-refractivity contribution in [2.75, 3.05) is 19.8 Å². The van der Waals surface area contributed by atoms with Crippen LogP contribution in [-0.4, -0.2) is 30.9 Å². The number of aryl methyl sites for hydroxylation is 1. The highest BCUT2D eigenvalue weighted by molar-refractivity contribution is 5.90. The topological polar surface area (TPSA) is 55.8 Å². The van der Waals surface area contributed by atoms with Gasteiger partial charge in [0.05, 0.1) is 0 Å². The van der Waals surface area contributed by atoms with Crippen LogP contribution in [0.5, 0.6) is 5.75 Å². The molecule has 0 radical (unpaired) electrons. The van der Waals surface area contributed by atoms with E-state index in [-0.39, 0.29) is 19.8 Å². The molecule has 0 saturated heterocycles. The van der Waals surface area contributed by atoms with Crippen LogP contribution in [0.2, 0.25) is 0 Å². The van der Waals surface area contributed by atoms with Crippen molar-refractivity contribution in [3.05, 3.63) is 77.4 Å². The van der Waals surface area contributed by atoms with E-state index in [0.717, 1.165) is 23.5 Å². The molecule has 1 fully saturated rings. The predicted octanol–water partition coefficient (Wildman–Crippen LogP) is 7.40. The number of aliphatic hydroxyl groups excluding tert-OH is 1. The molecule has 1 aliphatic carbocycles. The third kappa shape index (κ3) is 6.61. The Kier molecular flexibility index (Phi) is 9.04. The van der Waals surface area contributed by atoms with Crippen LogP contribution in [0, 0.1) is 5.92 Å². The monoisotopic (exact) mass is 500 g/mol. The molecule has 0 amide bonds. The molecule has 0 spiro atoms. The molecule has 4 rings (SSSR count). The fourth-order valence-electron chi connectivity index (χ4n) is 5.36. The molecular formula is C33H40O4. The third-order valence-corrected chi connectivity index (χ3v) is 7.64. The minimum Gasteiger partial charge on any atom is -0.490 e. The minimum absolute atomic E-state index is 0.0405. The summed E-state index contributed by atoms with van der Waals surface area (Å²) in [6.07, 6.45) is 6.68. The van der Waals surface area contributed by atoms with E-state index in [1.807, 2.05) is 12.1 Å². The van der Waals surface area contributed by atoms with Gasteiger partial charge in [-0.1, -0.05) is 69.7 Å². The lowest BCUT2D eigenvalue weighted by atomic mass is 9.79. The van der Waals surface area contributed by atoms with Crippen molar-refractivity contribution in [1.29, 1.82) is 0 Å². The Morgan fingerprint density at radius 3 is 2.46 bits per heavy atom. The lowest BCUT2D eigenvalue weighted by Gasteiger charge is -2.26. The van der Waals surface area contributed by atoms with Gasteiger partial charge in [-0.15, -0.1) is 0 Å². The number of esters is 1. The maximum absolute atomic E-state index is 11.7. The van der Waals surface area contributed by atoms with Crippen molar-refractivity contribution < 1.29 is 19.4 Å². The van der Waals surface area contributed by atoms with E-state index in [2.05, 4.69) is 56.8 Å². The summed E-state index contributed by atoms with van der Waals surface area (Å²) in [6, 6.07) is 17.8. The first-order chi connectivity index (χ1) is 17.9. The number of fused-ring (bicyclic) bond motifs is 1. The molecule has 0 bridgehead atoms. The average molecular weight is 501 g/mol. The molecule has 0 atom stereocenters. The van der Waals surface area contributed by atoms with E-state index in [0.29, 0.717) is 23.7 Å². The number of hydrogen-bond acceptors (Lipinski definition) is 4. The van der Waals surface area contributed by atoms with Crippen LogP contribution in [0.1, 0.15) is 69.1 Å². The summed E-state index contributed by atoms with van der Waals surface area (Å²) in [7, 11) is 0. The van der Waals surface area contributed by atoms with E-state index in [1.165, 1.54) is 53.1 Å². The Labute approximate surface area is 221 Å². The van der Waals surface area contributed by atoms with Gasteiger partial charge < -0.3 is 14.6 Å². The summed E-state index contributed by atoms with van der Waals surface area (Å²) in [5, 5.41) is 12.1. The Balaban J connectivity index is 1.60. The fourth-order valence-corrected chi connectivity index (χ4v) is 5.36. The van der Waals surface area contributed by atoms with Crippen molar-refractivity contribution in [2.24, 2.45) is 5.92 Å². The van der Waals surface area contributed by atoms with Crippen molar-refractivity contribution in [3.63, 3.8) is 0 Å². The number of carbonyl (C=O) groups is 1. The first-order valence-corrected chi connectivity index (χ1v) is 13.7. The van der Waals surface area contributed by atoms with E-state index < -0.39 is 5.97 Å². The van der Waals surface area contributed by atoms with Crippen LogP contribution in [0.4, 0.5) is 0 Å². The normalized spacial score (nSPS) is 17.5. The molecule has 4 heteroatoms. The summed E-state index contributed by atoms with van der Waals surface area (Å²) in [5.74, 6) is 1.83. The predicted molar refractivity (Wildman–Crippen MR) is 151 cm³/mol. The standard InChI is InChI=1S/C33H40O4/c1-5-24-18-30-19-27(25-8-6-23(4)7-9-25)11-12-28(30)20-31(24)29-13-10-26(14-15-34)32(21-29)36-16-17-37-33(35)22(2)3/h10-13,18-21,23,25,34H,2,5-9,14-17H2,1,3-4H3. The average Bonchev–Trinajstić information content (AvgIpc) is 2.91. The van der Waals surface area contributed by atoms with Crippen molar-refractivity contribution in [3.8, 4) is 16.9 Å². The molecule has 37 heavy (non-hydrogen) atoms. The number of hydrogen-bond donors (Lipinski definition) is 1. The molecule has 0 aliphatic heterocycles. The molecule has 1 aliphatic rings. The number of carbonyl (C=O) groups excluding carboxylic acids is 1. The molecule has 4 nitrogen and oxygen atoms in total. The van der Waals surface area contributed by atoms with Crippen LogP contribution >= 0.6 is 0 Å². The lowest BCUT2D eigenvalue weighted by molar-refractivity contribution is -0.139. The molecule has 0 heterocycles. The van der Waals surface area contributed by atoms with E-state index in [9.17, 15) is 9.90 Å². The summed E-state index contributed by atoms with van der Waals surface area (Å²) < 4.78 is 11.2. The second-order valence-corrected chi connectivity index (χ2v) is 10.5. The molecule has 3 aromatic carbocycles. The maximum atomic E-state index is 11.7. The van der Waals surface area contributed by atoms with Gasteiger partial charge in [-0.2, -0.15) is 0 Å². The molecular weight excluding hydrogens is 460 g/mol. The van der Waals surface area contributed by atoms with Crippen LogP contribution in [0.25, 0.3) is 21.9 Å². The van der Waals surface area contributed by atoms with Crippen LogP contribution < -0.4 is 4.74 Å². The first kappa shape index (κ1) is 26.9. The minimum atomic E-state index is -0.419. The third-order valence-electron chi connectivity index (χ3n) is 7.64. The SMILES string of the molecule is C=C(C)C(=O)OCCOc1cc(-c2cc3ccc(C4CCC(C)CC4)cc3cc2CC)ccc1CCO. The fraction of sp³-hybridized carbons (Fsp3) is 0.424. The smallest absolute Gasteiger partial charge is 0.333 e. The van der Waals surface area contributed by atoms with Gasteiger partial charge in [0.15, 0.2) is 0 Å². The molecule has 0 aromatic heterocycles. The maximum Gasteiger partial charge on any atom is 0.333 e. The summed E-state index contributed by atoms with van der Waals surface area (Å²) in [4.78, 5) is 11.7. The Morgan fingerprint density at radius 2 is 1.76 bits per heavy atom. The van der Waals surface area contributed by atoms with E-state index >= 15 is 0 Å². The van der Waals surface area contributed by atoms with Crippen molar-refractivity contribution in [2.45, 2.75) is 65.2 Å². The Morgan fingerprint density at radius 1 is 0.973 bits per heavy atom. The lowest BCUT2D eigenvalue weighted by Crippen LogP contribution is -2.13. The molecule has 0 unspecified atom stereocenters. The zero-order valence-electron chi connectivity index (χ0n) is 22.5. The number of rotatable bonds is 10. The van der Waals surface area contributed by atoms with Gasteiger partial charge >= 0.3 is 5.97 Å². The van der Waals surface area contributed by atoms with Crippen molar-refractivity contribution >= 4 is 16.7 Å². The van der Waals surface area contributed by atoms with Gasteiger partial charge in [0, 0.05) is 12.2 Å². The largest absolute Gasteiger partial charge is 0.490 e. The Bertz CT molecular complexity index is 1250. The molecule has 196 valence electrons. The van der Waals surface area contributed by atoms with Gasteiger partial charge in [0.1, 0.15) is 19.0 Å². The number of ether oxygens (including phenoxy) is 2. The van der Waals surface area contributed by atoms with Crippen molar-refractivity contribution in [1.82, 2.24) is 0 Å². The molecule has 1 saturated carbocycles. The second kappa shape index (κ2) is 12.4. The molecule has 3 aromatic rings. The first-order valence-electron chi connectivity index (χ1n) is 13.7. The quantitative estimate of drug-likeness (QED) is 0.179. The zero-order valence-corrected chi connectivity index (χ0v) is 22.5. The zero-order chi connectivity index (χ0) is 26.4. The Hall–Kier alpha value is -3.11. The van der Waals surface area contributed by atoms with Gasteiger partial charge in [0.25, 0.3) is 0 Å². The van der Waals surface area contributed by atoms with Gasteiger partial charge in [0.2, 0.25) is 0 Å². The summed E-state index contributed by atoms with van der Waals surface area (Å²) >= 11 is 0. The number of aliphatic hydroxyl groups is 1. The van der Waals surface area contributed by atoms with E-state index in [1.54, 1.807) is 6.92 Å². The van der Waals surface area contributed by atoms with Crippen LogP contribution in [-0.2, 0) is 22.4 Å². The number of benzene rings is 3. The highest BCUT2D eigenvalue weighted by Crippen LogP contribution is 2.38. The molecule has 1 N–H and O–H groups in total. The summed E-state index contributed by atoms with van der Waals surface area (Å²) in [6.45, 7) is 10.2. The van der Waals surface area contributed by atoms with Gasteiger partial charge in [-0.05, 0) is 95.2 Å². The second-order valence-electron chi connectivity index (χ2n) is 10.5. The highest BCUT2D eigenvalue weighted by Gasteiger charge is 2.20. The van der Waals surface area contributed by atoms with E-state index in [4.69, 9.17) is 9.47 Å². The van der Waals surface area contributed by atoms with Gasteiger partial charge in [-0.25, -0.2) is 4.79 Å². The van der Waals surface area contributed by atoms with Gasteiger partial charge in [-0.3, -0.25) is 0 Å². The van der Waals surface area contributed by atoms with Crippen LogP contribution in [0.15, 0.2) is 60.7 Å². The van der Waals surface area contributed by atoms with Crippen LogP contribution in [0.3, 0.4) is 0 Å². The summed E-state index contributed by atoms with van der Waals surface area (Å²) in [5.41, 5.74) is 6.36.